The minimum Gasteiger partial charge on any atom is -0.494 e. The second-order valence-corrected chi connectivity index (χ2v) is 6.32. The molecule has 1 amide bonds. The molecule has 23 heavy (non-hydrogen) atoms. The molecule has 0 saturated carbocycles. The average Bonchev–Trinajstić information content (AvgIpc) is 2.99. The molecule has 0 radical (unpaired) electrons. The van der Waals surface area contributed by atoms with Gasteiger partial charge in [-0.2, -0.15) is 0 Å². The van der Waals surface area contributed by atoms with E-state index < -0.39 is 0 Å². The summed E-state index contributed by atoms with van der Waals surface area (Å²) in [6.45, 7) is 0. The van der Waals surface area contributed by atoms with E-state index in [0.29, 0.717) is 32.0 Å². The van der Waals surface area contributed by atoms with E-state index in [1.807, 2.05) is 0 Å². The largest absolute Gasteiger partial charge is 0.494 e. The van der Waals surface area contributed by atoms with E-state index in [0.717, 1.165) is 4.70 Å². The van der Waals surface area contributed by atoms with Crippen molar-refractivity contribution in [3.8, 4) is 5.75 Å². The number of carbonyl (C=O) groups excluding carboxylic acids is 1. The van der Waals surface area contributed by atoms with Crippen molar-refractivity contribution in [2.45, 2.75) is 0 Å². The van der Waals surface area contributed by atoms with Gasteiger partial charge in [0.1, 0.15) is 11.3 Å². The summed E-state index contributed by atoms with van der Waals surface area (Å²) < 4.78 is 6.04. The number of ether oxygens (including phenoxy) is 1. The second kappa shape index (κ2) is 6.62. The predicted octanol–water partition coefficient (Wildman–Crippen LogP) is 4.37. The van der Waals surface area contributed by atoms with Gasteiger partial charge in [-0.15, -0.1) is 0 Å². The van der Waals surface area contributed by atoms with Crippen molar-refractivity contribution < 1.29 is 9.53 Å². The number of hydrogen-bond donors (Lipinski definition) is 2. The van der Waals surface area contributed by atoms with E-state index in [-0.39, 0.29) is 5.91 Å². The lowest BCUT2D eigenvalue weighted by Crippen LogP contribution is -2.29. The number of nitrogens with one attached hydrogen (secondary N) is 2. The van der Waals surface area contributed by atoms with Gasteiger partial charge in [0, 0.05) is 0 Å². The highest BCUT2D eigenvalue weighted by atomic mass is 35.5. The van der Waals surface area contributed by atoms with Crippen LogP contribution in [0.25, 0.3) is 10.2 Å². The zero-order valence-corrected chi connectivity index (χ0v) is 14.2. The molecule has 0 saturated heterocycles. The molecule has 0 aliphatic heterocycles. The summed E-state index contributed by atoms with van der Waals surface area (Å²) in [5, 5.41) is 1.44. The van der Waals surface area contributed by atoms with Crippen molar-refractivity contribution in [1.82, 2.24) is 10.4 Å². The van der Waals surface area contributed by atoms with Gasteiger partial charge in [0.05, 0.1) is 27.4 Å². The number of hydrazine groups is 1. The number of nitrogens with zero attached hydrogens (tertiary/aromatic N) is 1. The molecule has 0 spiro atoms. The second-order valence-electron chi connectivity index (χ2n) is 4.51. The molecule has 3 rings (SSSR count). The normalized spacial score (nSPS) is 10.6. The summed E-state index contributed by atoms with van der Waals surface area (Å²) in [6, 6.07) is 10.3. The number of halogens is 2. The summed E-state index contributed by atoms with van der Waals surface area (Å²) in [7, 11) is 1.56. The van der Waals surface area contributed by atoms with E-state index in [1.54, 1.807) is 43.5 Å². The number of amides is 1. The number of rotatable bonds is 4. The Morgan fingerprint density at radius 3 is 2.70 bits per heavy atom. The minimum absolute atomic E-state index is 0.354. The highest BCUT2D eigenvalue weighted by Crippen LogP contribution is 2.37. The van der Waals surface area contributed by atoms with Crippen molar-refractivity contribution in [1.29, 1.82) is 0 Å². The molecule has 0 bridgehead atoms. The zero-order valence-electron chi connectivity index (χ0n) is 11.9. The number of aromatic nitrogens is 1. The van der Waals surface area contributed by atoms with Gasteiger partial charge in [-0.1, -0.05) is 46.7 Å². The van der Waals surface area contributed by atoms with E-state index in [2.05, 4.69) is 15.8 Å². The fourth-order valence-electron chi connectivity index (χ4n) is 1.99. The maximum absolute atomic E-state index is 12.1. The Kier molecular flexibility index (Phi) is 4.56. The highest BCUT2D eigenvalue weighted by Gasteiger charge is 2.14. The molecular weight excluding hydrogens is 357 g/mol. The van der Waals surface area contributed by atoms with Gasteiger partial charge in [0.2, 0.25) is 5.13 Å². The number of hydrogen-bond acceptors (Lipinski definition) is 5. The maximum atomic E-state index is 12.1. The molecule has 118 valence electrons. The highest BCUT2D eigenvalue weighted by molar-refractivity contribution is 7.22. The lowest BCUT2D eigenvalue weighted by molar-refractivity contribution is 0.0963. The number of fused-ring (bicyclic) bond motifs is 1. The maximum Gasteiger partial charge on any atom is 0.271 e. The molecule has 0 atom stereocenters. The zero-order chi connectivity index (χ0) is 16.4. The van der Waals surface area contributed by atoms with Crippen LogP contribution in [0.15, 0.2) is 36.4 Å². The first-order valence-corrected chi connectivity index (χ1v) is 8.11. The molecule has 8 heteroatoms. The van der Waals surface area contributed by atoms with E-state index in [1.165, 1.54) is 11.3 Å². The number of thiazole rings is 1. The third-order valence-corrected chi connectivity index (χ3v) is 4.84. The van der Waals surface area contributed by atoms with Gasteiger partial charge in [-0.05, 0) is 24.3 Å². The smallest absolute Gasteiger partial charge is 0.271 e. The molecule has 0 fully saturated rings. The van der Waals surface area contributed by atoms with Crippen LogP contribution in [0.3, 0.4) is 0 Å². The van der Waals surface area contributed by atoms with Gasteiger partial charge in [-0.3, -0.25) is 15.6 Å². The monoisotopic (exact) mass is 367 g/mol. The van der Waals surface area contributed by atoms with Gasteiger partial charge < -0.3 is 4.74 Å². The fraction of sp³-hybridized carbons (Fsp3) is 0.0667. The lowest BCUT2D eigenvalue weighted by atomic mass is 10.2. The third kappa shape index (κ3) is 3.19. The van der Waals surface area contributed by atoms with Crippen molar-refractivity contribution >= 4 is 55.8 Å². The molecule has 0 unspecified atom stereocenters. The van der Waals surface area contributed by atoms with E-state index >= 15 is 0 Å². The van der Waals surface area contributed by atoms with Gasteiger partial charge in [0.25, 0.3) is 5.91 Å². The molecule has 3 aromatic rings. The number of carbonyl (C=O) groups is 1. The van der Waals surface area contributed by atoms with Gasteiger partial charge >= 0.3 is 0 Å². The Hall–Kier alpha value is -2.02. The Bertz CT molecular complexity index is 882. The summed E-state index contributed by atoms with van der Waals surface area (Å²) >= 11 is 13.5. The predicted molar refractivity (Wildman–Crippen MR) is 93.7 cm³/mol. The Balaban J connectivity index is 1.81. The van der Waals surface area contributed by atoms with Crippen LogP contribution in [0.2, 0.25) is 10.0 Å². The summed E-state index contributed by atoms with van der Waals surface area (Å²) in [6.07, 6.45) is 0. The summed E-state index contributed by atoms with van der Waals surface area (Å²) in [4.78, 5) is 16.5. The van der Waals surface area contributed by atoms with E-state index in [9.17, 15) is 4.79 Å². The average molecular weight is 368 g/mol. The van der Waals surface area contributed by atoms with Crippen LogP contribution < -0.4 is 15.6 Å². The van der Waals surface area contributed by atoms with Gasteiger partial charge in [0.15, 0.2) is 0 Å². The van der Waals surface area contributed by atoms with Crippen LogP contribution in [-0.2, 0) is 0 Å². The van der Waals surface area contributed by atoms with E-state index in [4.69, 9.17) is 27.9 Å². The first-order valence-electron chi connectivity index (χ1n) is 6.54. The van der Waals surface area contributed by atoms with Crippen LogP contribution in [0.4, 0.5) is 5.13 Å². The number of anilines is 1. The molecule has 5 nitrogen and oxygen atoms in total. The van der Waals surface area contributed by atoms with Crippen LogP contribution in [0, 0.1) is 0 Å². The molecule has 0 aliphatic carbocycles. The van der Waals surface area contributed by atoms with Crippen molar-refractivity contribution in [2.24, 2.45) is 0 Å². The van der Waals surface area contributed by atoms with Gasteiger partial charge in [-0.25, -0.2) is 4.98 Å². The molecule has 0 aliphatic rings. The van der Waals surface area contributed by atoms with Crippen LogP contribution >= 0.6 is 34.5 Å². The summed E-state index contributed by atoms with van der Waals surface area (Å²) in [5.41, 5.74) is 6.35. The van der Waals surface area contributed by atoms with Crippen molar-refractivity contribution in [2.75, 3.05) is 12.5 Å². The molecule has 2 aromatic carbocycles. The summed E-state index contributed by atoms with van der Waals surface area (Å²) in [5.74, 6) is 0.263. The fourth-order valence-corrected chi connectivity index (χ4v) is 3.32. The third-order valence-electron chi connectivity index (χ3n) is 3.08. The first-order chi connectivity index (χ1) is 11.1. The molecular formula is C15H11Cl2N3O2S. The SMILES string of the molecule is COc1ccc(Cl)c2sc(NNC(=O)c3ccccc3Cl)nc12. The van der Waals surface area contributed by atoms with Crippen LogP contribution in [0.1, 0.15) is 10.4 Å². The van der Waals surface area contributed by atoms with Crippen LogP contribution in [-0.4, -0.2) is 18.0 Å². The standard InChI is InChI=1S/C15H11Cl2N3O2S/c1-22-11-7-6-10(17)13-12(11)18-15(23-13)20-19-14(21)8-4-2-3-5-9(8)16/h2-7H,1H3,(H,18,20)(H,19,21). The Morgan fingerprint density at radius 2 is 1.96 bits per heavy atom. The topological polar surface area (TPSA) is 63.2 Å². The quantitative estimate of drug-likeness (QED) is 0.672. The van der Waals surface area contributed by atoms with Crippen molar-refractivity contribution in [3.63, 3.8) is 0 Å². The lowest BCUT2D eigenvalue weighted by Gasteiger charge is -2.06. The molecule has 2 N–H and O–H groups in total. The first kappa shape index (κ1) is 15.9. The van der Waals surface area contributed by atoms with Crippen molar-refractivity contribution in [3.05, 3.63) is 52.0 Å². The number of methoxy groups -OCH3 is 1. The minimum atomic E-state index is -0.354. The van der Waals surface area contributed by atoms with Crippen LogP contribution in [0.5, 0.6) is 5.75 Å². The molecule has 1 heterocycles. The molecule has 1 aromatic heterocycles. The Labute approximate surface area is 146 Å². The Morgan fingerprint density at radius 1 is 1.17 bits per heavy atom. The number of benzene rings is 2.